The van der Waals surface area contributed by atoms with Gasteiger partial charge < -0.3 is 9.47 Å². The first-order chi connectivity index (χ1) is 12.7. The number of nitrogens with zero attached hydrogens (tertiary/aromatic N) is 2. The highest BCUT2D eigenvalue weighted by Crippen LogP contribution is 2.27. The number of carbonyl (C=O) groups excluding carboxylic acids is 1. The second kappa shape index (κ2) is 7.36. The monoisotopic (exact) mass is 346 g/mol. The summed E-state index contributed by atoms with van der Waals surface area (Å²) < 4.78 is 2.16. The summed E-state index contributed by atoms with van der Waals surface area (Å²) >= 11 is 0. The van der Waals surface area contributed by atoms with E-state index < -0.39 is 0 Å². The molecule has 1 heterocycles. The standard InChI is InChI=1S/C23H26N2O/c1-24(16-18-11-5-6-12-18)23(26)22-15-20-13-7-8-14-21(20)25(22)17-19-9-3-2-4-10-19/h2-4,7-10,13-15,18H,5-6,11-12,16-17H2,1H3. The van der Waals surface area contributed by atoms with Crippen LogP contribution in [0.3, 0.4) is 0 Å². The van der Waals surface area contributed by atoms with Gasteiger partial charge in [-0.3, -0.25) is 4.79 Å². The topological polar surface area (TPSA) is 25.2 Å². The normalized spacial score (nSPS) is 14.8. The van der Waals surface area contributed by atoms with E-state index >= 15 is 0 Å². The lowest BCUT2D eigenvalue weighted by atomic mass is 10.1. The van der Waals surface area contributed by atoms with Crippen molar-refractivity contribution in [3.05, 3.63) is 71.9 Å². The SMILES string of the molecule is CN(CC1CCCC1)C(=O)c1cc2ccccc2n1Cc1ccccc1. The molecular formula is C23H26N2O. The number of para-hydroxylation sites is 1. The zero-order chi connectivity index (χ0) is 17.9. The Morgan fingerprint density at radius 1 is 1.04 bits per heavy atom. The lowest BCUT2D eigenvalue weighted by Gasteiger charge is -2.22. The average molecular weight is 346 g/mol. The number of hydrogen-bond donors (Lipinski definition) is 0. The second-order valence-corrected chi connectivity index (χ2v) is 7.50. The molecule has 3 aromatic rings. The summed E-state index contributed by atoms with van der Waals surface area (Å²) in [6.07, 6.45) is 5.12. The molecule has 0 bridgehead atoms. The number of amides is 1. The fourth-order valence-corrected chi connectivity index (χ4v) is 4.18. The summed E-state index contributed by atoms with van der Waals surface area (Å²) in [5.74, 6) is 0.792. The lowest BCUT2D eigenvalue weighted by molar-refractivity contribution is 0.0763. The molecule has 26 heavy (non-hydrogen) atoms. The Morgan fingerprint density at radius 2 is 1.73 bits per heavy atom. The third kappa shape index (κ3) is 3.39. The van der Waals surface area contributed by atoms with Crippen molar-refractivity contribution in [3.8, 4) is 0 Å². The van der Waals surface area contributed by atoms with Crippen molar-refractivity contribution in [1.29, 1.82) is 0 Å². The molecular weight excluding hydrogens is 320 g/mol. The van der Waals surface area contributed by atoms with Gasteiger partial charge in [-0.2, -0.15) is 0 Å². The van der Waals surface area contributed by atoms with E-state index in [4.69, 9.17) is 0 Å². The Hall–Kier alpha value is -2.55. The van der Waals surface area contributed by atoms with Gasteiger partial charge in [-0.05, 0) is 36.5 Å². The molecule has 0 N–H and O–H groups in total. The molecule has 1 saturated carbocycles. The Morgan fingerprint density at radius 3 is 2.50 bits per heavy atom. The minimum absolute atomic E-state index is 0.129. The molecule has 1 aromatic heterocycles. The van der Waals surface area contributed by atoms with E-state index in [9.17, 15) is 4.79 Å². The van der Waals surface area contributed by atoms with Crippen molar-refractivity contribution in [2.45, 2.75) is 32.2 Å². The molecule has 3 heteroatoms. The maximum Gasteiger partial charge on any atom is 0.270 e. The van der Waals surface area contributed by atoms with Crippen molar-refractivity contribution >= 4 is 16.8 Å². The quantitative estimate of drug-likeness (QED) is 0.641. The van der Waals surface area contributed by atoms with Crippen molar-refractivity contribution in [2.24, 2.45) is 5.92 Å². The van der Waals surface area contributed by atoms with Gasteiger partial charge in [0, 0.05) is 31.0 Å². The van der Waals surface area contributed by atoms with Crippen LogP contribution in [0.2, 0.25) is 0 Å². The van der Waals surface area contributed by atoms with E-state index in [0.29, 0.717) is 12.5 Å². The number of carbonyl (C=O) groups is 1. The predicted molar refractivity (Wildman–Crippen MR) is 106 cm³/mol. The molecule has 0 saturated heterocycles. The summed E-state index contributed by atoms with van der Waals surface area (Å²) in [6, 6.07) is 20.7. The molecule has 0 aliphatic heterocycles. The van der Waals surface area contributed by atoms with Crippen LogP contribution in [0.5, 0.6) is 0 Å². The fraction of sp³-hybridized carbons (Fsp3) is 0.348. The van der Waals surface area contributed by atoms with Crippen molar-refractivity contribution in [1.82, 2.24) is 9.47 Å². The van der Waals surface area contributed by atoms with Gasteiger partial charge in [0.05, 0.1) is 0 Å². The van der Waals surface area contributed by atoms with E-state index in [1.165, 1.54) is 31.2 Å². The minimum Gasteiger partial charge on any atom is -0.340 e. The highest BCUT2D eigenvalue weighted by atomic mass is 16.2. The third-order valence-corrected chi connectivity index (χ3v) is 5.57. The summed E-state index contributed by atoms with van der Waals surface area (Å²) in [6.45, 7) is 1.58. The Kier molecular flexibility index (Phi) is 4.79. The molecule has 0 radical (unpaired) electrons. The molecule has 0 spiro atoms. The fourth-order valence-electron chi connectivity index (χ4n) is 4.18. The molecule has 2 aromatic carbocycles. The third-order valence-electron chi connectivity index (χ3n) is 5.57. The number of fused-ring (bicyclic) bond motifs is 1. The van der Waals surface area contributed by atoms with E-state index in [2.05, 4.69) is 41.0 Å². The Labute approximate surface area is 155 Å². The Bertz CT molecular complexity index is 891. The van der Waals surface area contributed by atoms with Crippen LogP contribution < -0.4 is 0 Å². The van der Waals surface area contributed by atoms with Gasteiger partial charge in [0.2, 0.25) is 0 Å². The molecule has 134 valence electrons. The maximum atomic E-state index is 13.2. The molecule has 3 nitrogen and oxygen atoms in total. The molecule has 1 aliphatic carbocycles. The zero-order valence-corrected chi connectivity index (χ0v) is 15.4. The first-order valence-corrected chi connectivity index (χ1v) is 9.60. The summed E-state index contributed by atoms with van der Waals surface area (Å²) in [4.78, 5) is 15.1. The van der Waals surface area contributed by atoms with Gasteiger partial charge >= 0.3 is 0 Å². The van der Waals surface area contributed by atoms with Crippen LogP contribution in [0, 0.1) is 5.92 Å². The summed E-state index contributed by atoms with van der Waals surface area (Å²) in [7, 11) is 1.95. The van der Waals surface area contributed by atoms with E-state index in [-0.39, 0.29) is 5.91 Å². The van der Waals surface area contributed by atoms with Crippen LogP contribution in [0.1, 0.15) is 41.7 Å². The van der Waals surface area contributed by atoms with E-state index in [1.54, 1.807) is 0 Å². The number of aromatic nitrogens is 1. The highest BCUT2D eigenvalue weighted by molar-refractivity contribution is 5.98. The van der Waals surface area contributed by atoms with Crippen molar-refractivity contribution in [2.75, 3.05) is 13.6 Å². The van der Waals surface area contributed by atoms with Crippen molar-refractivity contribution < 1.29 is 4.79 Å². The molecule has 1 amide bonds. The van der Waals surface area contributed by atoms with Gasteiger partial charge in [0.25, 0.3) is 5.91 Å². The lowest BCUT2D eigenvalue weighted by Crippen LogP contribution is -2.32. The summed E-state index contributed by atoms with van der Waals surface area (Å²) in [5, 5.41) is 1.13. The number of hydrogen-bond acceptors (Lipinski definition) is 1. The van der Waals surface area contributed by atoms with E-state index in [0.717, 1.165) is 23.1 Å². The molecule has 1 aliphatic rings. The highest BCUT2D eigenvalue weighted by Gasteiger charge is 2.23. The van der Waals surface area contributed by atoms with Crippen LogP contribution in [0.15, 0.2) is 60.7 Å². The second-order valence-electron chi connectivity index (χ2n) is 7.50. The van der Waals surface area contributed by atoms with Gasteiger partial charge in [-0.15, -0.1) is 0 Å². The average Bonchev–Trinajstić information content (AvgIpc) is 3.30. The van der Waals surface area contributed by atoms with Crippen LogP contribution >= 0.6 is 0 Å². The van der Waals surface area contributed by atoms with Crippen LogP contribution in [0.4, 0.5) is 0 Å². The largest absolute Gasteiger partial charge is 0.340 e. The summed E-state index contributed by atoms with van der Waals surface area (Å²) in [5.41, 5.74) is 3.12. The van der Waals surface area contributed by atoms with Gasteiger partial charge in [0.1, 0.15) is 5.69 Å². The maximum absolute atomic E-state index is 13.2. The first-order valence-electron chi connectivity index (χ1n) is 9.60. The Balaban J connectivity index is 1.66. The smallest absolute Gasteiger partial charge is 0.270 e. The van der Waals surface area contributed by atoms with Crippen molar-refractivity contribution in [3.63, 3.8) is 0 Å². The van der Waals surface area contributed by atoms with Gasteiger partial charge in [0.15, 0.2) is 0 Å². The first kappa shape index (κ1) is 16.9. The van der Waals surface area contributed by atoms with Crippen LogP contribution in [-0.4, -0.2) is 29.0 Å². The number of benzene rings is 2. The number of rotatable bonds is 5. The minimum atomic E-state index is 0.129. The molecule has 0 unspecified atom stereocenters. The van der Waals surface area contributed by atoms with E-state index in [1.807, 2.05) is 36.2 Å². The molecule has 1 fully saturated rings. The molecule has 4 rings (SSSR count). The van der Waals surface area contributed by atoms with Gasteiger partial charge in [-0.1, -0.05) is 61.4 Å². The zero-order valence-electron chi connectivity index (χ0n) is 15.4. The predicted octanol–water partition coefficient (Wildman–Crippen LogP) is 4.95. The van der Waals surface area contributed by atoms with Crippen LogP contribution in [-0.2, 0) is 6.54 Å². The van der Waals surface area contributed by atoms with Gasteiger partial charge in [-0.25, -0.2) is 0 Å². The van der Waals surface area contributed by atoms with Crippen LogP contribution in [0.25, 0.3) is 10.9 Å². The molecule has 0 atom stereocenters.